The van der Waals surface area contributed by atoms with Crippen molar-refractivity contribution < 1.29 is 55.2 Å². The summed E-state index contributed by atoms with van der Waals surface area (Å²) in [6.45, 7) is -0.445. The van der Waals surface area contributed by atoms with Crippen LogP contribution in [0.5, 0.6) is 0 Å². The minimum absolute atomic E-state index is 0.0306. The summed E-state index contributed by atoms with van der Waals surface area (Å²) in [6, 6.07) is 2.23. The molecule has 16 heteroatoms. The molecule has 9 N–H and O–H groups in total. The minimum atomic E-state index is -3.47. The fraction of sp³-hybridized carbons (Fsp3) is 0.294. The first kappa shape index (κ1) is 26.1. The van der Waals surface area contributed by atoms with E-state index < -0.39 is 35.5 Å². The maximum atomic E-state index is 12.1. The summed E-state index contributed by atoms with van der Waals surface area (Å²) >= 11 is 6.21. The van der Waals surface area contributed by atoms with Gasteiger partial charge in [-0.15, -0.1) is 0 Å². The van der Waals surface area contributed by atoms with Crippen molar-refractivity contribution in [1.82, 2.24) is 14.8 Å². The maximum absolute atomic E-state index is 12.1. The number of hydrogen-bond acceptors (Lipinski definition) is 11. The number of benzene rings is 1. The molecule has 1 aliphatic heterocycles. The number of nitrogens with zero attached hydrogens (tertiary/aromatic N) is 2. The molecule has 1 aromatic carbocycles. The Morgan fingerprint density at radius 1 is 1.03 bits per heavy atom. The highest BCUT2D eigenvalue weighted by Crippen LogP contribution is 2.32. The van der Waals surface area contributed by atoms with Gasteiger partial charge in [-0.05, 0) is 6.07 Å². The molecule has 180 valence electrons. The van der Waals surface area contributed by atoms with Gasteiger partial charge in [0.05, 0.1) is 23.6 Å². The van der Waals surface area contributed by atoms with Gasteiger partial charge in [0.2, 0.25) is 0 Å². The fourth-order valence-electron chi connectivity index (χ4n) is 2.75. The van der Waals surface area contributed by atoms with Crippen LogP contribution in [0.3, 0.4) is 0 Å². The first-order valence-corrected chi connectivity index (χ1v) is 9.03. The third-order valence-electron chi connectivity index (χ3n) is 4.55. The number of nitrogens with one attached hydrogen (secondary N) is 1. The Kier molecular flexibility index (Phi) is 7.12. The molecule has 33 heavy (non-hydrogen) atoms. The smallest absolute Gasteiger partial charge is 0.408 e. The number of aromatic nitrogens is 1. The van der Waals surface area contributed by atoms with E-state index >= 15 is 0 Å². The van der Waals surface area contributed by atoms with Crippen LogP contribution >= 0.6 is 11.6 Å². The molecule has 0 saturated heterocycles. The first-order valence-electron chi connectivity index (χ1n) is 8.66. The number of aromatic carboxylic acids is 1. The van der Waals surface area contributed by atoms with Gasteiger partial charge in [-0.1, -0.05) is 11.6 Å². The molecule has 0 bridgehead atoms. The Hall–Kier alpha value is -3.15. The highest BCUT2D eigenvalue weighted by atomic mass is 35.5. The van der Waals surface area contributed by atoms with Gasteiger partial charge in [-0.3, -0.25) is 14.5 Å². The highest BCUT2D eigenvalue weighted by Gasteiger charge is 2.40. The average Bonchev–Trinajstić information content (AvgIpc) is 2.67. The average molecular weight is 492 g/mol. The molecular formula is C17H18ClN3O12. The number of pyridine rings is 1. The van der Waals surface area contributed by atoms with Gasteiger partial charge in [0.25, 0.3) is 0 Å². The lowest BCUT2D eigenvalue weighted by Crippen LogP contribution is -2.59. The van der Waals surface area contributed by atoms with Crippen LogP contribution in [-0.4, -0.2) is 99.3 Å². The van der Waals surface area contributed by atoms with Gasteiger partial charge in [0.1, 0.15) is 5.69 Å². The lowest BCUT2D eigenvalue weighted by atomic mass is 9.96. The van der Waals surface area contributed by atoms with Gasteiger partial charge < -0.3 is 45.8 Å². The second-order valence-corrected chi connectivity index (χ2v) is 7.19. The molecule has 0 spiro atoms. The summed E-state index contributed by atoms with van der Waals surface area (Å²) in [4.78, 5) is 49.4. The molecule has 0 radical (unpaired) electrons. The molecule has 2 aromatic rings. The lowest BCUT2D eigenvalue weighted by molar-refractivity contribution is -0.503. The fourth-order valence-corrected chi connectivity index (χ4v) is 3.06. The minimum Gasteiger partial charge on any atom is -0.477 e. The molecule has 1 aliphatic rings. The van der Waals surface area contributed by atoms with Gasteiger partial charge >= 0.3 is 24.3 Å². The van der Waals surface area contributed by atoms with Crippen molar-refractivity contribution in [2.45, 2.75) is 18.7 Å². The van der Waals surface area contributed by atoms with Gasteiger partial charge in [-0.2, -0.15) is 4.90 Å². The quantitative estimate of drug-likeness (QED) is 0.204. The Bertz CT molecular complexity index is 1170. The number of aliphatic hydroxyl groups is 6. The predicted octanol–water partition coefficient (Wildman–Crippen LogP) is -2.35. The molecule has 0 unspecified atom stereocenters. The van der Waals surface area contributed by atoms with Crippen molar-refractivity contribution in [3.05, 3.63) is 44.2 Å². The van der Waals surface area contributed by atoms with E-state index in [-0.39, 0.29) is 50.7 Å². The highest BCUT2D eigenvalue weighted by molar-refractivity contribution is 6.36. The first-order chi connectivity index (χ1) is 14.9. The number of carboxylic acid groups (broad SMARTS) is 2. The van der Waals surface area contributed by atoms with E-state index in [9.17, 15) is 19.2 Å². The number of carbonyl (C=O) groups is 3. The zero-order valence-corrected chi connectivity index (χ0v) is 17.3. The summed E-state index contributed by atoms with van der Waals surface area (Å²) < 4.78 is 0. The predicted molar refractivity (Wildman–Crippen MR) is 106 cm³/mol. The zero-order chi connectivity index (χ0) is 25.5. The van der Waals surface area contributed by atoms with Gasteiger partial charge in [0, 0.05) is 29.6 Å². The number of aromatic amines is 1. The summed E-state index contributed by atoms with van der Waals surface area (Å²) in [5.41, 5.74) is -0.448. The number of ketones is 1. The molecule has 0 fully saturated rings. The van der Waals surface area contributed by atoms with Crippen molar-refractivity contribution in [2.24, 2.45) is 0 Å². The third kappa shape index (κ3) is 5.62. The monoisotopic (exact) mass is 491 g/mol. The molecule has 15 nitrogen and oxygen atoms in total. The van der Waals surface area contributed by atoms with Crippen LogP contribution in [0.1, 0.15) is 26.4 Å². The van der Waals surface area contributed by atoms with Gasteiger partial charge in [0.15, 0.2) is 11.2 Å². The van der Waals surface area contributed by atoms with E-state index in [1.54, 1.807) is 0 Å². The molecule has 0 atom stereocenters. The van der Waals surface area contributed by atoms with Crippen LogP contribution in [-0.2, 0) is 6.54 Å². The van der Waals surface area contributed by atoms with Crippen LogP contribution in [0.15, 0.2) is 16.9 Å². The van der Waals surface area contributed by atoms with Crippen molar-refractivity contribution in [2.75, 3.05) is 13.6 Å². The Balaban J connectivity index is 0.000000328. The second-order valence-electron chi connectivity index (χ2n) is 6.81. The molecule has 1 aromatic heterocycles. The largest absolute Gasteiger partial charge is 0.477 e. The van der Waals surface area contributed by atoms with E-state index in [1.165, 1.54) is 6.07 Å². The van der Waals surface area contributed by atoms with Crippen LogP contribution in [0.4, 0.5) is 4.79 Å². The van der Waals surface area contributed by atoms with Crippen molar-refractivity contribution in [3.8, 4) is 0 Å². The van der Waals surface area contributed by atoms with E-state index in [4.69, 9.17) is 52.5 Å². The Morgan fingerprint density at radius 3 is 2.00 bits per heavy atom. The summed E-state index contributed by atoms with van der Waals surface area (Å²) in [5, 5.41) is 67.2. The topological polar surface area (TPSA) is 252 Å². The molecule has 1 amide bonds. The SMILES string of the molecule is CN(C(O)(O)O)C(O)(O)O.O=C(O)c1cc(=O)c2cc3c(c(Cl)c2[nH]1)CN(C(=O)O)CC3=O. The summed E-state index contributed by atoms with van der Waals surface area (Å²) in [7, 11) is 0.667. The summed E-state index contributed by atoms with van der Waals surface area (Å²) in [6.07, 6.45) is -8.22. The number of Topliss-reactive ketones (excluding diaryl/α,β-unsaturated/α-hetero) is 1. The van der Waals surface area contributed by atoms with Crippen LogP contribution in [0.25, 0.3) is 10.9 Å². The van der Waals surface area contributed by atoms with Crippen molar-refractivity contribution >= 4 is 40.3 Å². The number of H-pyrrole nitrogens is 1. The van der Waals surface area contributed by atoms with Crippen molar-refractivity contribution in [3.63, 3.8) is 0 Å². The third-order valence-corrected chi connectivity index (χ3v) is 4.97. The number of halogens is 1. The summed E-state index contributed by atoms with van der Waals surface area (Å²) in [5.74, 6) is -1.81. The Labute approximate surface area is 187 Å². The second kappa shape index (κ2) is 9.00. The van der Waals surface area contributed by atoms with Crippen LogP contribution in [0.2, 0.25) is 5.02 Å². The number of amides is 1. The van der Waals surface area contributed by atoms with E-state index in [2.05, 4.69) is 4.98 Å². The lowest BCUT2D eigenvalue weighted by Gasteiger charge is -2.31. The molecule has 0 saturated carbocycles. The molecule has 2 heterocycles. The zero-order valence-electron chi connectivity index (χ0n) is 16.6. The number of hydrogen-bond donors (Lipinski definition) is 9. The van der Waals surface area contributed by atoms with E-state index in [0.717, 1.165) is 11.0 Å². The normalized spacial score (nSPS) is 14.1. The van der Waals surface area contributed by atoms with Gasteiger partial charge in [-0.25, -0.2) is 9.59 Å². The van der Waals surface area contributed by atoms with Crippen molar-refractivity contribution in [1.29, 1.82) is 0 Å². The maximum Gasteiger partial charge on any atom is 0.408 e. The number of carboxylic acids is 1. The number of rotatable bonds is 3. The van der Waals surface area contributed by atoms with Crippen LogP contribution in [0, 0.1) is 0 Å². The van der Waals surface area contributed by atoms with E-state index in [0.29, 0.717) is 7.05 Å². The standard InChI is InChI=1S/C14H9ClN2O6.C3H9NO6/c15-11-7-3-17(14(22)23)4-10(19)5(7)1-6-9(18)2-8(13(20)21)16-12(6)11;1-4(2(5,6)7)3(8,9)10/h1-2H,3-4H2,(H,16,18)(H,20,21)(H,22,23);5-10H,1H3. The Morgan fingerprint density at radius 2 is 1.58 bits per heavy atom. The molecular weight excluding hydrogens is 474 g/mol. The molecule has 3 rings (SSSR count). The van der Waals surface area contributed by atoms with E-state index in [1.807, 2.05) is 0 Å². The van der Waals surface area contributed by atoms with Crippen LogP contribution < -0.4 is 5.43 Å². The molecule has 0 aliphatic carbocycles. The number of fused-ring (bicyclic) bond motifs is 2. The number of carbonyl (C=O) groups excluding carboxylic acids is 1.